The summed E-state index contributed by atoms with van der Waals surface area (Å²) in [5.41, 5.74) is 0. The van der Waals surface area contributed by atoms with Gasteiger partial charge in [0.15, 0.2) is 0 Å². The minimum Gasteiger partial charge on any atom is -0.480 e. The third-order valence-corrected chi connectivity index (χ3v) is 3.56. The highest BCUT2D eigenvalue weighted by atomic mass is 16.4. The van der Waals surface area contributed by atoms with E-state index >= 15 is 0 Å². The van der Waals surface area contributed by atoms with Crippen molar-refractivity contribution in [2.24, 2.45) is 0 Å². The first kappa shape index (κ1) is 12.5. The molecule has 1 rings (SSSR count). The highest BCUT2D eigenvalue weighted by molar-refractivity contribution is 5.73. The molecule has 0 spiro atoms. The fourth-order valence-electron chi connectivity index (χ4n) is 2.56. The number of likely N-dealkylation sites (N-methyl/N-ethyl adjacent to an activating group) is 1. The van der Waals surface area contributed by atoms with E-state index in [1.807, 2.05) is 14.0 Å². The molecule has 3 nitrogen and oxygen atoms in total. The Kier molecular flexibility index (Phi) is 5.09. The van der Waals surface area contributed by atoms with Gasteiger partial charge in [0.1, 0.15) is 6.04 Å². The first-order valence-electron chi connectivity index (χ1n) is 6.11. The first-order valence-corrected chi connectivity index (χ1v) is 6.11. The van der Waals surface area contributed by atoms with Crippen molar-refractivity contribution in [3.05, 3.63) is 0 Å². The van der Waals surface area contributed by atoms with Crippen molar-refractivity contribution in [1.29, 1.82) is 0 Å². The highest BCUT2D eigenvalue weighted by Gasteiger charge is 2.26. The van der Waals surface area contributed by atoms with E-state index < -0.39 is 5.97 Å². The van der Waals surface area contributed by atoms with Crippen molar-refractivity contribution >= 4 is 5.97 Å². The van der Waals surface area contributed by atoms with Crippen LogP contribution in [0.5, 0.6) is 0 Å². The number of carboxylic acid groups (broad SMARTS) is 1. The van der Waals surface area contributed by atoms with Crippen LogP contribution in [0.25, 0.3) is 0 Å². The number of nitrogens with zero attached hydrogens (tertiary/aromatic N) is 1. The molecule has 1 aliphatic rings. The Balaban J connectivity index is 2.55. The van der Waals surface area contributed by atoms with Crippen molar-refractivity contribution < 1.29 is 9.90 Å². The fourth-order valence-corrected chi connectivity index (χ4v) is 2.56. The molecule has 0 radical (unpaired) electrons. The molecule has 1 unspecified atom stereocenters. The normalized spacial score (nSPS) is 21.3. The maximum absolute atomic E-state index is 11.1. The van der Waals surface area contributed by atoms with Crippen molar-refractivity contribution in [2.45, 2.75) is 64.0 Å². The molecule has 0 heterocycles. The lowest BCUT2D eigenvalue weighted by Gasteiger charge is -2.31. The van der Waals surface area contributed by atoms with Gasteiger partial charge in [-0.15, -0.1) is 0 Å². The molecule has 0 amide bonds. The van der Waals surface area contributed by atoms with Crippen LogP contribution in [-0.2, 0) is 4.79 Å². The van der Waals surface area contributed by atoms with E-state index in [1.165, 1.54) is 38.5 Å². The van der Waals surface area contributed by atoms with E-state index in [1.54, 1.807) is 0 Å². The molecule has 0 aliphatic heterocycles. The van der Waals surface area contributed by atoms with Crippen LogP contribution in [0.1, 0.15) is 51.9 Å². The van der Waals surface area contributed by atoms with Gasteiger partial charge in [-0.3, -0.25) is 9.69 Å². The van der Waals surface area contributed by atoms with Crippen LogP contribution in [-0.4, -0.2) is 35.1 Å². The molecule has 1 saturated carbocycles. The molecular formula is C12H23NO2. The van der Waals surface area contributed by atoms with E-state index in [4.69, 9.17) is 5.11 Å². The highest BCUT2D eigenvalue weighted by Crippen LogP contribution is 2.23. The molecule has 15 heavy (non-hydrogen) atoms. The summed E-state index contributed by atoms with van der Waals surface area (Å²) >= 11 is 0. The van der Waals surface area contributed by atoms with Crippen molar-refractivity contribution in [2.75, 3.05) is 7.05 Å². The van der Waals surface area contributed by atoms with Crippen molar-refractivity contribution in [3.63, 3.8) is 0 Å². The lowest BCUT2D eigenvalue weighted by atomic mass is 10.0. The SMILES string of the molecule is CCC(C(=O)O)N(C)C1CCCCCC1. The number of hydrogen-bond acceptors (Lipinski definition) is 2. The summed E-state index contributed by atoms with van der Waals surface area (Å²) < 4.78 is 0. The lowest BCUT2D eigenvalue weighted by Crippen LogP contribution is -2.44. The molecule has 0 aromatic rings. The second kappa shape index (κ2) is 6.11. The Labute approximate surface area is 92.5 Å². The van der Waals surface area contributed by atoms with Gasteiger partial charge in [-0.25, -0.2) is 0 Å². The summed E-state index contributed by atoms with van der Waals surface area (Å²) in [6.45, 7) is 1.95. The smallest absolute Gasteiger partial charge is 0.320 e. The van der Waals surface area contributed by atoms with Crippen LogP contribution in [0.15, 0.2) is 0 Å². The first-order chi connectivity index (χ1) is 7.16. The van der Waals surface area contributed by atoms with Gasteiger partial charge in [-0.1, -0.05) is 32.6 Å². The summed E-state index contributed by atoms with van der Waals surface area (Å²) in [4.78, 5) is 13.1. The van der Waals surface area contributed by atoms with Crippen LogP contribution < -0.4 is 0 Å². The molecule has 0 saturated heterocycles. The molecule has 1 atom stereocenters. The van der Waals surface area contributed by atoms with Gasteiger partial charge in [-0.2, -0.15) is 0 Å². The van der Waals surface area contributed by atoms with E-state index in [-0.39, 0.29) is 6.04 Å². The van der Waals surface area contributed by atoms with Gasteiger partial charge in [0.2, 0.25) is 0 Å². The Morgan fingerprint density at radius 1 is 1.33 bits per heavy atom. The number of aliphatic carboxylic acids is 1. The summed E-state index contributed by atoms with van der Waals surface area (Å²) in [7, 11) is 1.97. The molecule has 3 heteroatoms. The van der Waals surface area contributed by atoms with Gasteiger partial charge >= 0.3 is 5.97 Å². The monoisotopic (exact) mass is 213 g/mol. The molecule has 1 fully saturated rings. The molecule has 1 N–H and O–H groups in total. The van der Waals surface area contributed by atoms with Crippen LogP contribution >= 0.6 is 0 Å². The summed E-state index contributed by atoms with van der Waals surface area (Å²) in [5.74, 6) is -0.677. The zero-order chi connectivity index (χ0) is 11.3. The molecule has 88 valence electrons. The topological polar surface area (TPSA) is 40.5 Å². The Bertz CT molecular complexity index is 198. The second-order valence-corrected chi connectivity index (χ2v) is 4.57. The fraction of sp³-hybridized carbons (Fsp3) is 0.917. The van der Waals surface area contributed by atoms with E-state index in [2.05, 4.69) is 4.90 Å². The maximum Gasteiger partial charge on any atom is 0.320 e. The van der Waals surface area contributed by atoms with Gasteiger partial charge in [-0.05, 0) is 26.3 Å². The molecule has 1 aliphatic carbocycles. The lowest BCUT2D eigenvalue weighted by molar-refractivity contribution is -0.143. The minimum absolute atomic E-state index is 0.298. The third-order valence-electron chi connectivity index (χ3n) is 3.56. The summed E-state index contributed by atoms with van der Waals surface area (Å²) in [6, 6.07) is 0.182. The molecule has 0 bridgehead atoms. The van der Waals surface area contributed by atoms with Crippen LogP contribution in [0.4, 0.5) is 0 Å². The van der Waals surface area contributed by atoms with Crippen LogP contribution in [0, 0.1) is 0 Å². The van der Waals surface area contributed by atoms with Gasteiger partial charge < -0.3 is 5.11 Å². The van der Waals surface area contributed by atoms with E-state index in [0.717, 1.165) is 0 Å². The summed E-state index contributed by atoms with van der Waals surface area (Å²) in [6.07, 6.45) is 8.17. The molecular weight excluding hydrogens is 190 g/mol. The predicted octanol–water partition coefficient (Wildman–Crippen LogP) is 2.50. The van der Waals surface area contributed by atoms with Crippen LogP contribution in [0.2, 0.25) is 0 Å². The largest absolute Gasteiger partial charge is 0.480 e. The average Bonchev–Trinajstić information content (AvgIpc) is 2.45. The quantitative estimate of drug-likeness (QED) is 0.729. The van der Waals surface area contributed by atoms with Crippen molar-refractivity contribution in [3.8, 4) is 0 Å². The number of rotatable bonds is 4. The third kappa shape index (κ3) is 3.49. The standard InChI is InChI=1S/C12H23NO2/c1-3-11(12(14)15)13(2)10-8-6-4-5-7-9-10/h10-11H,3-9H2,1-2H3,(H,14,15). The van der Waals surface area contributed by atoms with Crippen molar-refractivity contribution in [1.82, 2.24) is 4.90 Å². The minimum atomic E-state index is -0.677. The number of carboxylic acids is 1. The van der Waals surface area contributed by atoms with E-state index in [0.29, 0.717) is 12.5 Å². The van der Waals surface area contributed by atoms with Gasteiger partial charge in [0.25, 0.3) is 0 Å². The van der Waals surface area contributed by atoms with Gasteiger partial charge in [0, 0.05) is 6.04 Å². The zero-order valence-corrected chi connectivity index (χ0v) is 9.91. The predicted molar refractivity (Wildman–Crippen MR) is 61.0 cm³/mol. The summed E-state index contributed by atoms with van der Waals surface area (Å²) in [5, 5.41) is 9.10. The van der Waals surface area contributed by atoms with Gasteiger partial charge in [0.05, 0.1) is 0 Å². The molecule has 0 aromatic heterocycles. The Hall–Kier alpha value is -0.570. The second-order valence-electron chi connectivity index (χ2n) is 4.57. The Morgan fingerprint density at radius 2 is 1.87 bits per heavy atom. The average molecular weight is 213 g/mol. The number of carbonyl (C=O) groups is 1. The maximum atomic E-state index is 11.1. The van der Waals surface area contributed by atoms with Crippen LogP contribution in [0.3, 0.4) is 0 Å². The Morgan fingerprint density at radius 3 is 2.27 bits per heavy atom. The molecule has 0 aromatic carbocycles. The zero-order valence-electron chi connectivity index (χ0n) is 9.91. The number of hydrogen-bond donors (Lipinski definition) is 1. The van der Waals surface area contributed by atoms with E-state index in [9.17, 15) is 4.79 Å².